The zero-order chi connectivity index (χ0) is 21.6. The summed E-state index contributed by atoms with van der Waals surface area (Å²) in [6, 6.07) is 5.83. The maximum absolute atomic E-state index is 13.2. The molecule has 4 rings (SSSR count). The molecular formula is C23H31N5O2S. The number of carbonyl (C=O) groups is 1. The maximum Gasteiger partial charge on any atom is 0.239 e. The zero-order valence-corrected chi connectivity index (χ0v) is 19.2. The van der Waals surface area contributed by atoms with E-state index in [1.54, 1.807) is 11.8 Å². The average molecular weight is 442 g/mol. The number of amides is 1. The fraction of sp³-hybridized carbons (Fsp3) is 0.565. The second kappa shape index (κ2) is 10.5. The molecule has 2 aliphatic heterocycles. The number of hydrogen-bond donors (Lipinski definition) is 0. The molecule has 31 heavy (non-hydrogen) atoms. The van der Waals surface area contributed by atoms with Gasteiger partial charge in [-0.3, -0.25) is 14.7 Å². The molecule has 0 saturated carbocycles. The molecule has 1 amide bonds. The Morgan fingerprint density at radius 1 is 1.26 bits per heavy atom. The Hall–Kier alpha value is -2.03. The number of carbonyl (C=O) groups excluding carboxylic acids is 1. The number of morpholine rings is 1. The summed E-state index contributed by atoms with van der Waals surface area (Å²) in [5, 5.41) is 0.774. The number of pyridine rings is 1. The van der Waals surface area contributed by atoms with Gasteiger partial charge in [0.25, 0.3) is 0 Å². The monoisotopic (exact) mass is 441 g/mol. The first-order valence-electron chi connectivity index (χ1n) is 11.1. The average Bonchev–Trinajstić information content (AvgIpc) is 2.84. The number of nitrogens with zero attached hydrogens (tertiary/aromatic N) is 5. The van der Waals surface area contributed by atoms with E-state index in [0.29, 0.717) is 13.2 Å². The van der Waals surface area contributed by atoms with Crippen LogP contribution >= 0.6 is 11.8 Å². The van der Waals surface area contributed by atoms with Crippen LogP contribution in [0.1, 0.15) is 42.6 Å². The van der Waals surface area contributed by atoms with Crippen LogP contribution < -0.4 is 0 Å². The van der Waals surface area contributed by atoms with Crippen LogP contribution in [0.5, 0.6) is 0 Å². The molecule has 2 atom stereocenters. The van der Waals surface area contributed by atoms with Gasteiger partial charge in [-0.25, -0.2) is 9.97 Å². The van der Waals surface area contributed by atoms with E-state index in [1.807, 2.05) is 42.4 Å². The summed E-state index contributed by atoms with van der Waals surface area (Å²) in [6.45, 7) is 8.72. The van der Waals surface area contributed by atoms with Gasteiger partial charge in [0.1, 0.15) is 0 Å². The molecule has 2 aromatic rings. The molecule has 2 aliphatic rings. The lowest BCUT2D eigenvalue weighted by Crippen LogP contribution is -2.52. The molecule has 0 N–H and O–H groups in total. The van der Waals surface area contributed by atoms with Crippen LogP contribution in [0.3, 0.4) is 0 Å². The van der Waals surface area contributed by atoms with E-state index in [4.69, 9.17) is 9.72 Å². The van der Waals surface area contributed by atoms with Gasteiger partial charge in [-0.15, -0.1) is 0 Å². The lowest BCUT2D eigenvalue weighted by Gasteiger charge is -2.38. The minimum Gasteiger partial charge on any atom is -0.379 e. The van der Waals surface area contributed by atoms with Crippen molar-refractivity contribution >= 4 is 17.7 Å². The Balaban J connectivity index is 1.41. The smallest absolute Gasteiger partial charge is 0.239 e. The number of piperidine rings is 1. The molecule has 0 aromatic carbocycles. The molecule has 0 bridgehead atoms. The van der Waals surface area contributed by atoms with Gasteiger partial charge in [0.2, 0.25) is 5.91 Å². The fourth-order valence-corrected chi connectivity index (χ4v) is 5.07. The van der Waals surface area contributed by atoms with E-state index >= 15 is 0 Å². The van der Waals surface area contributed by atoms with Gasteiger partial charge in [-0.2, -0.15) is 0 Å². The Morgan fingerprint density at radius 3 is 2.87 bits per heavy atom. The lowest BCUT2D eigenvalue weighted by molar-refractivity contribution is -0.139. The summed E-state index contributed by atoms with van der Waals surface area (Å²) in [4.78, 5) is 31.2. The van der Waals surface area contributed by atoms with E-state index in [2.05, 4.69) is 21.8 Å². The quantitative estimate of drug-likeness (QED) is 0.504. The van der Waals surface area contributed by atoms with Crippen molar-refractivity contribution in [2.45, 2.75) is 49.6 Å². The van der Waals surface area contributed by atoms with Crippen molar-refractivity contribution < 1.29 is 9.53 Å². The highest BCUT2D eigenvalue weighted by Gasteiger charge is 2.32. The number of likely N-dealkylation sites (tertiary alicyclic amines) is 1. The highest BCUT2D eigenvalue weighted by atomic mass is 32.2. The second-order valence-corrected chi connectivity index (χ2v) is 9.22. The molecule has 2 saturated heterocycles. The van der Waals surface area contributed by atoms with Crippen molar-refractivity contribution in [3.05, 3.63) is 47.5 Å². The minimum absolute atomic E-state index is 0.0985. The van der Waals surface area contributed by atoms with Gasteiger partial charge in [0.15, 0.2) is 5.16 Å². The molecule has 2 aromatic heterocycles. The van der Waals surface area contributed by atoms with Crippen molar-refractivity contribution in [1.29, 1.82) is 0 Å². The van der Waals surface area contributed by atoms with Gasteiger partial charge in [-0.05, 0) is 44.4 Å². The van der Waals surface area contributed by atoms with Crippen LogP contribution in [-0.4, -0.2) is 76.1 Å². The lowest BCUT2D eigenvalue weighted by atomic mass is 9.92. The number of aryl methyl sites for hydroxylation is 1. The van der Waals surface area contributed by atoms with Crippen molar-refractivity contribution in [2.75, 3.05) is 39.4 Å². The summed E-state index contributed by atoms with van der Waals surface area (Å²) in [5.41, 5.74) is 3.20. The summed E-state index contributed by atoms with van der Waals surface area (Å²) in [5.74, 6) is 1.23. The Bertz CT molecular complexity index is 876. The molecule has 0 radical (unpaired) electrons. The standard InChI is InChI=1S/C23H31N5O2S/c1-17-14-25-23(31-16-20-7-3-4-8-24-20)26-21(17)19-6-5-9-28(15-19)22(29)18(2)27-10-12-30-13-11-27/h3-4,7-8,14,18-19H,5-6,9-13,15-16H2,1-2H3/t18-,19+/m0/s1. The number of hydrogen-bond acceptors (Lipinski definition) is 7. The van der Waals surface area contributed by atoms with Crippen LogP contribution in [0.25, 0.3) is 0 Å². The predicted octanol–water partition coefficient (Wildman–Crippen LogP) is 2.90. The van der Waals surface area contributed by atoms with Crippen molar-refractivity contribution in [1.82, 2.24) is 24.8 Å². The first kappa shape index (κ1) is 22.2. The topological polar surface area (TPSA) is 71.5 Å². The molecule has 2 fully saturated rings. The molecule has 166 valence electrons. The molecule has 0 unspecified atom stereocenters. The third kappa shape index (κ3) is 5.61. The highest BCUT2D eigenvalue weighted by molar-refractivity contribution is 7.98. The predicted molar refractivity (Wildman–Crippen MR) is 121 cm³/mol. The summed E-state index contributed by atoms with van der Waals surface area (Å²) in [7, 11) is 0. The number of ether oxygens (including phenoxy) is 1. The maximum atomic E-state index is 13.2. The number of thioether (sulfide) groups is 1. The largest absolute Gasteiger partial charge is 0.379 e. The van der Waals surface area contributed by atoms with Crippen LogP contribution in [0, 0.1) is 6.92 Å². The van der Waals surface area contributed by atoms with Gasteiger partial charge in [0, 0.05) is 50.2 Å². The van der Waals surface area contributed by atoms with E-state index in [-0.39, 0.29) is 17.9 Å². The third-order valence-corrected chi connectivity index (χ3v) is 7.03. The molecule has 7 nitrogen and oxygen atoms in total. The molecular weight excluding hydrogens is 410 g/mol. The summed E-state index contributed by atoms with van der Waals surface area (Å²) in [6.07, 6.45) is 5.78. The van der Waals surface area contributed by atoms with E-state index in [9.17, 15) is 4.79 Å². The van der Waals surface area contributed by atoms with Gasteiger partial charge < -0.3 is 9.64 Å². The molecule has 0 aliphatic carbocycles. The first-order valence-corrected chi connectivity index (χ1v) is 12.1. The van der Waals surface area contributed by atoms with Gasteiger partial charge in [0.05, 0.1) is 30.6 Å². The second-order valence-electron chi connectivity index (χ2n) is 8.28. The van der Waals surface area contributed by atoms with Crippen LogP contribution in [0.2, 0.25) is 0 Å². The van der Waals surface area contributed by atoms with Gasteiger partial charge >= 0.3 is 0 Å². The number of aromatic nitrogens is 3. The van der Waals surface area contributed by atoms with Crippen LogP contribution in [0.15, 0.2) is 35.7 Å². The molecule has 4 heterocycles. The van der Waals surface area contributed by atoms with Crippen LogP contribution in [-0.2, 0) is 15.3 Å². The molecule has 0 spiro atoms. The van der Waals surface area contributed by atoms with Crippen molar-refractivity contribution in [2.24, 2.45) is 0 Å². The minimum atomic E-state index is -0.0985. The SMILES string of the molecule is Cc1cnc(SCc2ccccn2)nc1[C@@H]1CCCN(C(=O)[C@H](C)N2CCOCC2)C1. The Morgan fingerprint density at radius 2 is 2.10 bits per heavy atom. The zero-order valence-electron chi connectivity index (χ0n) is 18.4. The van der Waals surface area contributed by atoms with E-state index in [0.717, 1.165) is 66.9 Å². The Labute approximate surface area is 188 Å². The third-order valence-electron chi connectivity index (χ3n) is 6.13. The fourth-order valence-electron chi connectivity index (χ4n) is 4.33. The van der Waals surface area contributed by atoms with Crippen LogP contribution in [0.4, 0.5) is 0 Å². The first-order chi connectivity index (χ1) is 15.1. The highest BCUT2D eigenvalue weighted by Crippen LogP contribution is 2.30. The Kier molecular flexibility index (Phi) is 7.53. The van der Waals surface area contributed by atoms with Gasteiger partial charge in [-0.1, -0.05) is 17.8 Å². The van der Waals surface area contributed by atoms with Crippen molar-refractivity contribution in [3.63, 3.8) is 0 Å². The normalized spacial score (nSPS) is 21.1. The van der Waals surface area contributed by atoms with E-state index in [1.165, 1.54) is 0 Å². The number of rotatable bonds is 6. The molecule has 8 heteroatoms. The van der Waals surface area contributed by atoms with E-state index < -0.39 is 0 Å². The summed E-state index contributed by atoms with van der Waals surface area (Å²) < 4.78 is 5.44. The summed E-state index contributed by atoms with van der Waals surface area (Å²) >= 11 is 1.61. The van der Waals surface area contributed by atoms with Crippen molar-refractivity contribution in [3.8, 4) is 0 Å².